The molecule has 2 aliphatic rings. The predicted molar refractivity (Wildman–Crippen MR) is 117 cm³/mol. The SMILES string of the molecule is O=C(Cn1cnc(-c2ccccc2)cc1=O)N1CCN(c2ccc(C3CC3)nn2)CC1. The van der Waals surface area contributed by atoms with Crippen LogP contribution in [-0.4, -0.2) is 56.7 Å². The Hall–Kier alpha value is -3.55. The quantitative estimate of drug-likeness (QED) is 0.632. The number of carbonyl (C=O) groups excluding carboxylic acids is 1. The summed E-state index contributed by atoms with van der Waals surface area (Å²) in [6, 6.07) is 15.1. The number of benzene rings is 1. The second kappa shape index (κ2) is 8.29. The van der Waals surface area contributed by atoms with Crippen molar-refractivity contribution in [1.29, 1.82) is 0 Å². The van der Waals surface area contributed by atoms with Gasteiger partial charge in [0, 0.05) is 43.7 Å². The maximum Gasteiger partial charge on any atom is 0.254 e. The first-order chi connectivity index (χ1) is 15.2. The summed E-state index contributed by atoms with van der Waals surface area (Å²) in [7, 11) is 0. The number of piperazine rings is 1. The smallest absolute Gasteiger partial charge is 0.254 e. The molecule has 3 heterocycles. The molecule has 158 valence electrons. The first kappa shape index (κ1) is 19.4. The minimum absolute atomic E-state index is 0.00318. The van der Waals surface area contributed by atoms with E-state index in [1.807, 2.05) is 36.4 Å². The summed E-state index contributed by atoms with van der Waals surface area (Å²) < 4.78 is 1.36. The van der Waals surface area contributed by atoms with Crippen LogP contribution in [0.5, 0.6) is 0 Å². The van der Waals surface area contributed by atoms with Crippen molar-refractivity contribution in [3.63, 3.8) is 0 Å². The highest BCUT2D eigenvalue weighted by atomic mass is 16.2. The van der Waals surface area contributed by atoms with Gasteiger partial charge in [-0.2, -0.15) is 5.10 Å². The van der Waals surface area contributed by atoms with Crippen LogP contribution in [0.25, 0.3) is 11.3 Å². The van der Waals surface area contributed by atoms with E-state index in [0.717, 1.165) is 17.1 Å². The second-order valence-corrected chi connectivity index (χ2v) is 8.06. The summed E-state index contributed by atoms with van der Waals surface area (Å²) in [5, 5.41) is 8.71. The molecule has 2 fully saturated rings. The van der Waals surface area contributed by atoms with Gasteiger partial charge in [-0.25, -0.2) is 4.98 Å². The fourth-order valence-electron chi connectivity index (χ4n) is 3.84. The van der Waals surface area contributed by atoms with E-state index in [1.54, 1.807) is 4.90 Å². The Morgan fingerprint density at radius 3 is 2.39 bits per heavy atom. The number of amides is 1. The molecule has 8 heteroatoms. The number of nitrogens with zero attached hydrogens (tertiary/aromatic N) is 6. The van der Waals surface area contributed by atoms with Gasteiger partial charge < -0.3 is 9.80 Å². The van der Waals surface area contributed by atoms with Crippen molar-refractivity contribution in [1.82, 2.24) is 24.6 Å². The van der Waals surface area contributed by atoms with Gasteiger partial charge in [-0.3, -0.25) is 14.2 Å². The van der Waals surface area contributed by atoms with Gasteiger partial charge in [-0.05, 0) is 25.0 Å². The van der Waals surface area contributed by atoms with Gasteiger partial charge in [0.05, 0.1) is 17.7 Å². The van der Waals surface area contributed by atoms with Crippen LogP contribution in [0.2, 0.25) is 0 Å². The van der Waals surface area contributed by atoms with E-state index in [-0.39, 0.29) is 18.0 Å². The lowest BCUT2D eigenvalue weighted by molar-refractivity contribution is -0.132. The monoisotopic (exact) mass is 416 g/mol. The Morgan fingerprint density at radius 2 is 1.74 bits per heavy atom. The lowest BCUT2D eigenvalue weighted by Gasteiger charge is -2.35. The molecular formula is C23H24N6O2. The van der Waals surface area contributed by atoms with Crippen LogP contribution >= 0.6 is 0 Å². The van der Waals surface area contributed by atoms with Crippen LogP contribution in [0.4, 0.5) is 5.82 Å². The summed E-state index contributed by atoms with van der Waals surface area (Å²) >= 11 is 0. The Balaban J connectivity index is 1.18. The molecule has 1 aliphatic carbocycles. The van der Waals surface area contributed by atoms with Gasteiger partial charge in [0.1, 0.15) is 6.54 Å². The highest BCUT2D eigenvalue weighted by Gasteiger charge is 2.26. The molecule has 1 aliphatic heterocycles. The molecule has 0 radical (unpaired) electrons. The molecule has 1 aromatic carbocycles. The zero-order chi connectivity index (χ0) is 21.2. The lowest BCUT2D eigenvalue weighted by atomic mass is 10.1. The van der Waals surface area contributed by atoms with Crippen LogP contribution in [0.1, 0.15) is 24.5 Å². The minimum Gasteiger partial charge on any atom is -0.352 e. The largest absolute Gasteiger partial charge is 0.352 e. The van der Waals surface area contributed by atoms with E-state index in [0.29, 0.717) is 37.8 Å². The van der Waals surface area contributed by atoms with Crippen molar-refractivity contribution in [2.45, 2.75) is 25.3 Å². The highest BCUT2D eigenvalue weighted by molar-refractivity contribution is 5.76. The van der Waals surface area contributed by atoms with E-state index in [9.17, 15) is 9.59 Å². The van der Waals surface area contributed by atoms with E-state index in [2.05, 4.69) is 26.1 Å². The molecule has 0 unspecified atom stereocenters. The van der Waals surface area contributed by atoms with Crippen molar-refractivity contribution in [2.75, 3.05) is 31.1 Å². The fourth-order valence-corrected chi connectivity index (χ4v) is 3.84. The first-order valence-electron chi connectivity index (χ1n) is 10.7. The standard InChI is InChI=1S/C23H24N6O2/c30-22-14-20(17-4-2-1-3-5-17)24-16-29(22)15-23(31)28-12-10-27(11-13-28)21-9-8-19(25-26-21)18-6-7-18/h1-5,8-9,14,16,18H,6-7,10-13,15H2. The zero-order valence-electron chi connectivity index (χ0n) is 17.2. The third-order valence-electron chi connectivity index (χ3n) is 5.88. The normalized spacial score (nSPS) is 16.4. The predicted octanol–water partition coefficient (Wildman–Crippen LogP) is 1.93. The van der Waals surface area contributed by atoms with Crippen LogP contribution in [-0.2, 0) is 11.3 Å². The summed E-state index contributed by atoms with van der Waals surface area (Å²) in [5.41, 5.74) is 2.33. The van der Waals surface area contributed by atoms with Crippen LogP contribution < -0.4 is 10.5 Å². The molecule has 5 rings (SSSR count). The molecule has 1 saturated carbocycles. The number of hydrogen-bond acceptors (Lipinski definition) is 6. The molecule has 0 spiro atoms. The van der Waals surface area contributed by atoms with Crippen molar-refractivity contribution in [3.05, 3.63) is 70.9 Å². The molecule has 0 N–H and O–H groups in total. The summed E-state index contributed by atoms with van der Waals surface area (Å²) in [6.45, 7) is 2.58. The van der Waals surface area contributed by atoms with Crippen molar-refractivity contribution < 1.29 is 4.79 Å². The fraction of sp³-hybridized carbons (Fsp3) is 0.348. The number of anilines is 1. The molecule has 3 aromatic rings. The molecular weight excluding hydrogens is 392 g/mol. The van der Waals surface area contributed by atoms with E-state index >= 15 is 0 Å². The maximum absolute atomic E-state index is 12.7. The number of rotatable bonds is 5. The lowest BCUT2D eigenvalue weighted by Crippen LogP contribution is -2.50. The molecule has 0 atom stereocenters. The summed E-state index contributed by atoms with van der Waals surface area (Å²) in [5.74, 6) is 1.37. The van der Waals surface area contributed by atoms with Crippen molar-refractivity contribution in [3.8, 4) is 11.3 Å². The third kappa shape index (κ3) is 4.33. The number of hydrogen-bond donors (Lipinski definition) is 0. The molecule has 8 nitrogen and oxygen atoms in total. The van der Waals surface area contributed by atoms with Crippen LogP contribution in [0.15, 0.2) is 59.7 Å². The van der Waals surface area contributed by atoms with Crippen LogP contribution in [0, 0.1) is 0 Å². The van der Waals surface area contributed by atoms with Gasteiger partial charge in [-0.1, -0.05) is 30.3 Å². The Bertz CT molecular complexity index is 1120. The zero-order valence-corrected chi connectivity index (χ0v) is 17.2. The average molecular weight is 416 g/mol. The van der Waals surface area contributed by atoms with E-state index < -0.39 is 0 Å². The van der Waals surface area contributed by atoms with Gasteiger partial charge in [0.25, 0.3) is 5.56 Å². The van der Waals surface area contributed by atoms with Crippen molar-refractivity contribution in [2.24, 2.45) is 0 Å². The second-order valence-electron chi connectivity index (χ2n) is 8.06. The molecule has 2 aromatic heterocycles. The highest BCUT2D eigenvalue weighted by Crippen LogP contribution is 2.38. The molecule has 1 saturated heterocycles. The third-order valence-corrected chi connectivity index (χ3v) is 5.88. The summed E-state index contributed by atoms with van der Waals surface area (Å²) in [4.78, 5) is 33.5. The van der Waals surface area contributed by atoms with E-state index in [1.165, 1.54) is 29.8 Å². The molecule has 31 heavy (non-hydrogen) atoms. The average Bonchev–Trinajstić information content (AvgIpc) is 3.67. The van der Waals surface area contributed by atoms with Gasteiger partial charge in [0.15, 0.2) is 5.82 Å². The Morgan fingerprint density at radius 1 is 0.968 bits per heavy atom. The van der Waals surface area contributed by atoms with Crippen molar-refractivity contribution >= 4 is 11.7 Å². The Kier molecular flexibility index (Phi) is 5.19. The van der Waals surface area contributed by atoms with Gasteiger partial charge in [-0.15, -0.1) is 5.10 Å². The first-order valence-corrected chi connectivity index (χ1v) is 10.7. The number of aromatic nitrogens is 4. The maximum atomic E-state index is 12.7. The number of carbonyl (C=O) groups is 1. The van der Waals surface area contributed by atoms with Gasteiger partial charge >= 0.3 is 0 Å². The van der Waals surface area contributed by atoms with Gasteiger partial charge in [0.2, 0.25) is 5.91 Å². The molecule has 1 amide bonds. The summed E-state index contributed by atoms with van der Waals surface area (Å²) in [6.07, 6.45) is 3.88. The van der Waals surface area contributed by atoms with Crippen LogP contribution in [0.3, 0.4) is 0 Å². The Labute approximate surface area is 180 Å². The van der Waals surface area contributed by atoms with E-state index in [4.69, 9.17) is 0 Å². The minimum atomic E-state index is -0.230. The topological polar surface area (TPSA) is 84.2 Å². The molecule has 0 bridgehead atoms.